The molecule has 1 aliphatic heterocycles. The lowest BCUT2D eigenvalue weighted by Crippen LogP contribution is -2.36. The molecule has 2 aromatic carbocycles. The maximum atomic E-state index is 12.6. The molecule has 0 spiro atoms. The number of carbonyl (C=O) groups is 1. The van der Waals surface area contributed by atoms with Crippen LogP contribution in [0.25, 0.3) is 11.3 Å². The first-order chi connectivity index (χ1) is 14.1. The Labute approximate surface area is 176 Å². The number of anilines is 2. The highest BCUT2D eigenvalue weighted by Crippen LogP contribution is 2.23. The van der Waals surface area contributed by atoms with E-state index in [2.05, 4.69) is 10.3 Å². The van der Waals surface area contributed by atoms with Gasteiger partial charge in [0.05, 0.1) is 28.8 Å². The van der Waals surface area contributed by atoms with Crippen molar-refractivity contribution in [2.24, 2.45) is 0 Å². The van der Waals surface area contributed by atoms with E-state index in [9.17, 15) is 9.00 Å². The number of amides is 1. The minimum atomic E-state index is -1.11. The Bertz CT molecular complexity index is 1040. The Morgan fingerprint density at radius 3 is 2.69 bits per heavy atom. The van der Waals surface area contributed by atoms with Gasteiger partial charge in [-0.05, 0) is 48.5 Å². The highest BCUT2D eigenvalue weighted by atomic mass is 35.5. The molecule has 4 rings (SSSR count). The molecule has 148 valence electrons. The quantitative estimate of drug-likeness (QED) is 0.680. The first-order valence-electron chi connectivity index (χ1n) is 8.97. The molecule has 1 amide bonds. The predicted molar refractivity (Wildman–Crippen MR) is 115 cm³/mol. The van der Waals surface area contributed by atoms with Crippen LogP contribution in [0.15, 0.2) is 66.9 Å². The van der Waals surface area contributed by atoms with Crippen LogP contribution in [-0.4, -0.2) is 34.2 Å². The largest absolute Gasteiger partial charge is 0.359 e. The van der Waals surface area contributed by atoms with Gasteiger partial charge in [0, 0.05) is 23.0 Å². The third kappa shape index (κ3) is 4.64. The summed E-state index contributed by atoms with van der Waals surface area (Å²) in [7, 11) is -1.11. The van der Waals surface area contributed by atoms with Gasteiger partial charge in [-0.1, -0.05) is 23.7 Å². The summed E-state index contributed by atoms with van der Waals surface area (Å²) in [5, 5.41) is 3.47. The summed E-state index contributed by atoms with van der Waals surface area (Å²) in [5.41, 5.74) is 3.58. The third-order valence-electron chi connectivity index (χ3n) is 4.42. The van der Waals surface area contributed by atoms with E-state index in [1.165, 1.54) is 0 Å². The average molecular weight is 428 g/mol. The van der Waals surface area contributed by atoms with Gasteiger partial charge in [-0.25, -0.2) is 4.21 Å². The highest BCUT2D eigenvalue weighted by Gasteiger charge is 2.19. The van der Waals surface area contributed by atoms with Crippen LogP contribution in [0.5, 0.6) is 0 Å². The van der Waals surface area contributed by atoms with Crippen LogP contribution >= 0.6 is 11.6 Å². The van der Waals surface area contributed by atoms with Crippen molar-refractivity contribution < 1.29 is 13.7 Å². The number of carbonyl (C=O) groups excluding carboxylic acids is 1. The number of rotatable bonds is 4. The zero-order valence-corrected chi connectivity index (χ0v) is 16.9. The van der Waals surface area contributed by atoms with Gasteiger partial charge in [0.25, 0.3) is 5.91 Å². The minimum absolute atomic E-state index is 0.228. The van der Waals surface area contributed by atoms with Crippen molar-refractivity contribution in [3.05, 3.63) is 77.4 Å². The predicted octanol–water partition coefficient (Wildman–Crippen LogP) is 4.11. The molecule has 29 heavy (non-hydrogen) atoms. The number of nitrogens with zero attached hydrogens (tertiary/aromatic N) is 2. The Morgan fingerprint density at radius 1 is 1.14 bits per heavy atom. The standard InChI is InChI=1S/C21H18ClN3O3S/c22-17-6-9-20(23-13-17)16-2-1-3-18(12-16)24-21(26)15-4-7-19(8-5-15)25-14-28-10-11-29(25)27/h1-9,12-13H,10-11,14H2,(H,24,26). The van der Waals surface area contributed by atoms with Crippen LogP contribution in [-0.2, 0) is 15.7 Å². The lowest BCUT2D eigenvalue weighted by atomic mass is 10.1. The normalized spacial score (nSPS) is 16.4. The summed E-state index contributed by atoms with van der Waals surface area (Å²) in [6.07, 6.45) is 1.59. The first-order valence-corrected chi connectivity index (χ1v) is 10.6. The van der Waals surface area contributed by atoms with Gasteiger partial charge in [-0.3, -0.25) is 14.1 Å². The van der Waals surface area contributed by atoms with Crippen molar-refractivity contribution in [3.8, 4) is 11.3 Å². The van der Waals surface area contributed by atoms with Crippen LogP contribution in [0, 0.1) is 0 Å². The SMILES string of the molecule is O=C(Nc1cccc(-c2ccc(Cl)cn2)c1)c1ccc(N2COCCS2=O)cc1. The molecule has 1 N–H and O–H groups in total. The summed E-state index contributed by atoms with van der Waals surface area (Å²) in [5.74, 6) is 0.245. The van der Waals surface area contributed by atoms with E-state index in [4.69, 9.17) is 16.3 Å². The van der Waals surface area contributed by atoms with Crippen molar-refractivity contribution >= 4 is 39.9 Å². The molecule has 1 saturated heterocycles. The average Bonchev–Trinajstić information content (AvgIpc) is 2.75. The summed E-state index contributed by atoms with van der Waals surface area (Å²) >= 11 is 5.89. The number of hydrogen-bond donors (Lipinski definition) is 1. The maximum Gasteiger partial charge on any atom is 0.255 e. The second kappa shape index (κ2) is 8.73. The van der Waals surface area contributed by atoms with Crippen molar-refractivity contribution in [1.29, 1.82) is 0 Å². The monoisotopic (exact) mass is 427 g/mol. The fraction of sp³-hybridized carbons (Fsp3) is 0.143. The van der Waals surface area contributed by atoms with Crippen LogP contribution in [0.3, 0.4) is 0 Å². The van der Waals surface area contributed by atoms with E-state index in [1.807, 2.05) is 30.3 Å². The van der Waals surface area contributed by atoms with E-state index in [-0.39, 0.29) is 12.6 Å². The van der Waals surface area contributed by atoms with Crippen LogP contribution < -0.4 is 9.62 Å². The van der Waals surface area contributed by atoms with E-state index in [1.54, 1.807) is 40.8 Å². The fourth-order valence-electron chi connectivity index (χ4n) is 2.92. The lowest BCUT2D eigenvalue weighted by molar-refractivity contribution is 0.102. The Kier molecular flexibility index (Phi) is 5.89. The van der Waals surface area contributed by atoms with Crippen molar-refractivity contribution in [1.82, 2.24) is 4.98 Å². The molecule has 0 aliphatic carbocycles. The fourth-order valence-corrected chi connectivity index (χ4v) is 4.07. The van der Waals surface area contributed by atoms with Gasteiger partial charge >= 0.3 is 0 Å². The van der Waals surface area contributed by atoms with E-state index in [0.717, 1.165) is 16.9 Å². The first kappa shape index (κ1) is 19.6. The molecule has 0 radical (unpaired) electrons. The number of halogens is 1. The third-order valence-corrected chi connectivity index (χ3v) is 5.97. The number of pyridine rings is 1. The van der Waals surface area contributed by atoms with Gasteiger partial charge in [0.2, 0.25) is 0 Å². The van der Waals surface area contributed by atoms with E-state index >= 15 is 0 Å². The topological polar surface area (TPSA) is 71.5 Å². The molecule has 6 nitrogen and oxygen atoms in total. The molecule has 8 heteroatoms. The molecule has 1 aliphatic rings. The molecule has 1 aromatic heterocycles. The molecular weight excluding hydrogens is 410 g/mol. The molecule has 1 atom stereocenters. The number of benzene rings is 2. The second-order valence-corrected chi connectivity index (χ2v) is 8.31. The molecular formula is C21H18ClN3O3S. The number of aromatic nitrogens is 1. The van der Waals surface area contributed by atoms with Gasteiger partial charge in [-0.2, -0.15) is 0 Å². The lowest BCUT2D eigenvalue weighted by Gasteiger charge is -2.27. The Morgan fingerprint density at radius 2 is 1.97 bits per heavy atom. The highest BCUT2D eigenvalue weighted by molar-refractivity contribution is 7.86. The van der Waals surface area contributed by atoms with E-state index < -0.39 is 11.0 Å². The molecule has 1 unspecified atom stereocenters. The molecule has 0 bridgehead atoms. The summed E-state index contributed by atoms with van der Waals surface area (Å²) in [6, 6.07) is 18.0. The Balaban J connectivity index is 1.47. The van der Waals surface area contributed by atoms with Crippen LogP contribution in [0.4, 0.5) is 11.4 Å². The minimum Gasteiger partial charge on any atom is -0.359 e. The molecule has 0 saturated carbocycles. The van der Waals surface area contributed by atoms with Gasteiger partial charge in [0.1, 0.15) is 17.7 Å². The summed E-state index contributed by atoms with van der Waals surface area (Å²) in [4.78, 5) is 16.9. The van der Waals surface area contributed by atoms with Gasteiger partial charge in [-0.15, -0.1) is 0 Å². The number of ether oxygens (including phenoxy) is 1. The van der Waals surface area contributed by atoms with E-state index in [0.29, 0.717) is 28.6 Å². The zero-order valence-electron chi connectivity index (χ0n) is 15.4. The molecule has 1 fully saturated rings. The molecule has 2 heterocycles. The summed E-state index contributed by atoms with van der Waals surface area (Å²) < 4.78 is 19.1. The number of hydrogen-bond acceptors (Lipinski definition) is 4. The van der Waals surface area contributed by atoms with Crippen molar-refractivity contribution in [3.63, 3.8) is 0 Å². The second-order valence-electron chi connectivity index (χ2n) is 6.38. The zero-order chi connectivity index (χ0) is 20.2. The number of nitrogens with one attached hydrogen (secondary N) is 1. The van der Waals surface area contributed by atoms with Gasteiger partial charge < -0.3 is 10.1 Å². The maximum absolute atomic E-state index is 12.6. The Hall–Kier alpha value is -2.74. The van der Waals surface area contributed by atoms with Crippen LogP contribution in [0.2, 0.25) is 5.02 Å². The van der Waals surface area contributed by atoms with Crippen molar-refractivity contribution in [2.45, 2.75) is 0 Å². The van der Waals surface area contributed by atoms with Gasteiger partial charge in [0.15, 0.2) is 0 Å². The summed E-state index contributed by atoms with van der Waals surface area (Å²) in [6.45, 7) is 0.776. The smallest absolute Gasteiger partial charge is 0.255 e. The van der Waals surface area contributed by atoms with Crippen LogP contribution in [0.1, 0.15) is 10.4 Å². The molecule has 3 aromatic rings. The van der Waals surface area contributed by atoms with Crippen molar-refractivity contribution in [2.75, 3.05) is 28.7 Å².